The fourth-order valence-electron chi connectivity index (χ4n) is 2.61. The van der Waals surface area contributed by atoms with Crippen LogP contribution in [0.3, 0.4) is 0 Å². The van der Waals surface area contributed by atoms with Crippen molar-refractivity contribution >= 4 is 41.2 Å². The Kier molecular flexibility index (Phi) is 8.57. The number of carbonyl (C=O) groups is 2. The lowest BCUT2D eigenvalue weighted by atomic mass is 10.0. The van der Waals surface area contributed by atoms with Crippen LogP contribution in [-0.2, 0) is 16.2 Å². The molecule has 8 heteroatoms. The van der Waals surface area contributed by atoms with Gasteiger partial charge in [-0.3, -0.25) is 4.79 Å². The Hall–Kier alpha value is -2.70. The number of carbonyl (C=O) groups excluding carboxylic acids is 1. The Balaban J connectivity index is 2.09. The first-order valence-electron chi connectivity index (χ1n) is 9.18. The Bertz CT molecular complexity index is 923. The molecule has 2 rings (SSSR count). The van der Waals surface area contributed by atoms with E-state index in [9.17, 15) is 9.59 Å². The molecule has 1 atom stereocenters. The molecule has 0 unspecified atom stereocenters. The van der Waals surface area contributed by atoms with E-state index in [1.54, 1.807) is 56.3 Å². The quantitative estimate of drug-likeness (QED) is 0.533. The van der Waals surface area contributed by atoms with Crippen LogP contribution in [0, 0.1) is 5.92 Å². The average molecular weight is 452 g/mol. The minimum absolute atomic E-state index is 0.165. The second-order valence-corrected chi connectivity index (χ2v) is 7.62. The third-order valence-corrected chi connectivity index (χ3v) is 4.99. The molecule has 0 aliphatic rings. The highest BCUT2D eigenvalue weighted by molar-refractivity contribution is 6.35. The second kappa shape index (κ2) is 10.9. The molecule has 0 saturated heterocycles. The zero-order valence-corrected chi connectivity index (χ0v) is 18.3. The molecule has 160 valence electrons. The van der Waals surface area contributed by atoms with Crippen LogP contribution in [0.15, 0.2) is 42.5 Å². The van der Waals surface area contributed by atoms with Gasteiger partial charge in [-0.2, -0.15) is 0 Å². The molecule has 0 spiro atoms. The van der Waals surface area contributed by atoms with Gasteiger partial charge < -0.3 is 19.9 Å². The number of methoxy groups -OCH3 is 1. The van der Waals surface area contributed by atoms with E-state index < -0.39 is 17.9 Å². The van der Waals surface area contributed by atoms with Crippen molar-refractivity contribution in [1.82, 2.24) is 5.32 Å². The molecule has 0 aliphatic carbocycles. The molecule has 2 aromatic rings. The molecule has 0 fully saturated rings. The predicted octanol–water partition coefficient (Wildman–Crippen LogP) is 4.82. The third kappa shape index (κ3) is 6.40. The maximum absolute atomic E-state index is 12.0. The van der Waals surface area contributed by atoms with Crippen LogP contribution in [0.4, 0.5) is 0 Å². The SMILES string of the molecule is COc1cc(/C=C/C(=O)N[C@H](C(=O)O)C(C)C)ccc1OCc1c(Cl)cccc1Cl. The number of rotatable bonds is 9. The monoisotopic (exact) mass is 451 g/mol. The summed E-state index contributed by atoms with van der Waals surface area (Å²) >= 11 is 12.3. The van der Waals surface area contributed by atoms with Crippen molar-refractivity contribution in [2.24, 2.45) is 5.92 Å². The number of hydrogen-bond donors (Lipinski definition) is 2. The molecule has 0 bridgehead atoms. The maximum Gasteiger partial charge on any atom is 0.326 e. The first-order valence-corrected chi connectivity index (χ1v) is 9.93. The van der Waals surface area contributed by atoms with Crippen LogP contribution in [-0.4, -0.2) is 30.1 Å². The summed E-state index contributed by atoms with van der Waals surface area (Å²) in [4.78, 5) is 23.2. The Morgan fingerprint density at radius 2 is 1.80 bits per heavy atom. The topological polar surface area (TPSA) is 84.9 Å². The summed E-state index contributed by atoms with van der Waals surface area (Å²) in [6, 6.07) is 9.41. The zero-order valence-electron chi connectivity index (χ0n) is 16.8. The predicted molar refractivity (Wildman–Crippen MR) is 117 cm³/mol. The fourth-order valence-corrected chi connectivity index (χ4v) is 3.12. The summed E-state index contributed by atoms with van der Waals surface area (Å²) in [5.41, 5.74) is 1.35. The number of amides is 1. The lowest BCUT2D eigenvalue weighted by molar-refractivity contribution is -0.142. The Morgan fingerprint density at radius 3 is 2.37 bits per heavy atom. The number of halogens is 2. The van der Waals surface area contributed by atoms with Gasteiger partial charge in [0, 0.05) is 21.7 Å². The van der Waals surface area contributed by atoms with Crippen molar-refractivity contribution in [1.29, 1.82) is 0 Å². The van der Waals surface area contributed by atoms with Gasteiger partial charge in [0.2, 0.25) is 5.91 Å². The summed E-state index contributed by atoms with van der Waals surface area (Å²) in [5.74, 6) is -0.854. The van der Waals surface area contributed by atoms with Crippen molar-refractivity contribution in [3.8, 4) is 11.5 Å². The summed E-state index contributed by atoms with van der Waals surface area (Å²) < 4.78 is 11.2. The number of carboxylic acids is 1. The first-order chi connectivity index (χ1) is 14.2. The minimum Gasteiger partial charge on any atom is -0.493 e. The van der Waals surface area contributed by atoms with E-state index in [0.29, 0.717) is 32.7 Å². The molecular weight excluding hydrogens is 429 g/mol. The van der Waals surface area contributed by atoms with Gasteiger partial charge in [0.25, 0.3) is 0 Å². The average Bonchev–Trinajstić information content (AvgIpc) is 2.70. The van der Waals surface area contributed by atoms with Crippen LogP contribution in [0.25, 0.3) is 6.08 Å². The number of carboxylic acid groups (broad SMARTS) is 1. The molecule has 2 N–H and O–H groups in total. The van der Waals surface area contributed by atoms with Crippen molar-refractivity contribution < 1.29 is 24.2 Å². The van der Waals surface area contributed by atoms with Gasteiger partial charge in [0.05, 0.1) is 7.11 Å². The summed E-state index contributed by atoms with van der Waals surface area (Å²) in [6.07, 6.45) is 2.84. The summed E-state index contributed by atoms with van der Waals surface area (Å²) in [7, 11) is 1.50. The molecule has 30 heavy (non-hydrogen) atoms. The number of aliphatic carboxylic acids is 1. The van der Waals surface area contributed by atoms with Gasteiger partial charge in [-0.1, -0.05) is 49.2 Å². The Labute approximate surface area is 185 Å². The molecular formula is C22H23Cl2NO5. The molecule has 2 aromatic carbocycles. The fraction of sp³-hybridized carbons (Fsp3) is 0.273. The number of ether oxygens (including phenoxy) is 2. The highest BCUT2D eigenvalue weighted by atomic mass is 35.5. The lowest BCUT2D eigenvalue weighted by Crippen LogP contribution is -2.43. The van der Waals surface area contributed by atoms with Crippen LogP contribution in [0.5, 0.6) is 11.5 Å². The maximum atomic E-state index is 12.0. The first kappa shape index (κ1) is 23.6. The normalized spacial score (nSPS) is 12.1. The molecule has 0 heterocycles. The second-order valence-electron chi connectivity index (χ2n) is 6.80. The van der Waals surface area contributed by atoms with Crippen LogP contribution < -0.4 is 14.8 Å². The van der Waals surface area contributed by atoms with E-state index in [1.165, 1.54) is 13.2 Å². The number of benzene rings is 2. The van der Waals surface area contributed by atoms with Gasteiger partial charge >= 0.3 is 5.97 Å². The van der Waals surface area contributed by atoms with Gasteiger partial charge in [0.1, 0.15) is 12.6 Å². The lowest BCUT2D eigenvalue weighted by Gasteiger charge is -2.16. The van der Waals surface area contributed by atoms with Crippen LogP contribution in [0.1, 0.15) is 25.0 Å². The van der Waals surface area contributed by atoms with Crippen molar-refractivity contribution in [3.05, 3.63) is 63.6 Å². The van der Waals surface area contributed by atoms with Crippen LogP contribution >= 0.6 is 23.2 Å². The molecule has 0 radical (unpaired) electrons. The van der Waals surface area contributed by atoms with Gasteiger partial charge in [0.15, 0.2) is 11.5 Å². The molecule has 0 aliphatic heterocycles. The van der Waals surface area contributed by atoms with Crippen molar-refractivity contribution in [2.45, 2.75) is 26.5 Å². The largest absolute Gasteiger partial charge is 0.493 e. The molecule has 6 nitrogen and oxygen atoms in total. The van der Waals surface area contributed by atoms with E-state index in [0.717, 1.165) is 0 Å². The number of nitrogens with one attached hydrogen (secondary N) is 1. The van der Waals surface area contributed by atoms with E-state index >= 15 is 0 Å². The standard InChI is InChI=1S/C22H23Cl2NO5/c1-13(2)21(22(27)28)25-20(26)10-8-14-7-9-18(19(11-14)29-3)30-12-15-16(23)5-4-6-17(15)24/h4-11,13,21H,12H2,1-3H3,(H,25,26)(H,27,28)/b10-8+/t21-/m0/s1. The van der Waals surface area contributed by atoms with Crippen LogP contribution in [0.2, 0.25) is 10.0 Å². The molecule has 0 saturated carbocycles. The smallest absolute Gasteiger partial charge is 0.326 e. The highest BCUT2D eigenvalue weighted by Crippen LogP contribution is 2.31. The van der Waals surface area contributed by atoms with Crippen molar-refractivity contribution in [2.75, 3.05) is 7.11 Å². The minimum atomic E-state index is -1.08. The number of hydrogen-bond acceptors (Lipinski definition) is 4. The van der Waals surface area contributed by atoms with Gasteiger partial charge in [-0.15, -0.1) is 0 Å². The summed E-state index contributed by atoms with van der Waals surface area (Å²) in [6.45, 7) is 3.61. The molecule has 0 aromatic heterocycles. The van der Waals surface area contributed by atoms with E-state index in [-0.39, 0.29) is 12.5 Å². The zero-order chi connectivity index (χ0) is 22.3. The third-order valence-electron chi connectivity index (χ3n) is 4.28. The Morgan fingerprint density at radius 1 is 1.13 bits per heavy atom. The van der Waals surface area contributed by atoms with Gasteiger partial charge in [-0.05, 0) is 41.8 Å². The summed E-state index contributed by atoms with van der Waals surface area (Å²) in [5, 5.41) is 12.6. The van der Waals surface area contributed by atoms with E-state index in [4.69, 9.17) is 37.8 Å². The van der Waals surface area contributed by atoms with Crippen molar-refractivity contribution in [3.63, 3.8) is 0 Å². The highest BCUT2D eigenvalue weighted by Gasteiger charge is 2.22. The van der Waals surface area contributed by atoms with Gasteiger partial charge in [-0.25, -0.2) is 4.79 Å². The molecule has 1 amide bonds. The van der Waals surface area contributed by atoms with E-state index in [1.807, 2.05) is 0 Å². The van der Waals surface area contributed by atoms with E-state index in [2.05, 4.69) is 5.32 Å².